The number of nitrogens with two attached hydrogens (primary N) is 1. The van der Waals surface area contributed by atoms with E-state index in [9.17, 15) is 4.79 Å². The minimum atomic E-state index is 0.0648. The van der Waals surface area contributed by atoms with Crippen molar-refractivity contribution in [2.24, 2.45) is 5.73 Å². The van der Waals surface area contributed by atoms with Crippen LogP contribution in [0.4, 0.5) is 0 Å². The fourth-order valence-electron chi connectivity index (χ4n) is 0.484. The third-order valence-corrected chi connectivity index (χ3v) is 1.03. The highest BCUT2D eigenvalue weighted by molar-refractivity contribution is 5.92. The monoisotopic (exact) mass is 113 g/mol. The Balaban J connectivity index is 3.92. The highest BCUT2D eigenvalue weighted by Crippen LogP contribution is 1.97. The van der Waals surface area contributed by atoms with Gasteiger partial charge < -0.3 is 5.73 Å². The molecular weight excluding hydrogens is 102 g/mol. The molecule has 0 aromatic rings. The molecule has 2 nitrogen and oxygen atoms in total. The van der Waals surface area contributed by atoms with E-state index in [1.165, 1.54) is 13.1 Å². The zero-order valence-corrected chi connectivity index (χ0v) is 5.27. The summed E-state index contributed by atoms with van der Waals surface area (Å²) in [6.07, 6.45) is 2.09. The first-order chi connectivity index (χ1) is 3.72. The van der Waals surface area contributed by atoms with Crippen LogP contribution in [0.15, 0.2) is 11.8 Å². The van der Waals surface area contributed by atoms with E-state index in [1.807, 2.05) is 6.92 Å². The third kappa shape index (κ3) is 1.78. The summed E-state index contributed by atoms with van der Waals surface area (Å²) in [4.78, 5) is 10.5. The molecule has 0 rings (SSSR count). The molecular formula is C6H11NO. The van der Waals surface area contributed by atoms with Crippen molar-refractivity contribution in [3.63, 3.8) is 0 Å². The summed E-state index contributed by atoms with van der Waals surface area (Å²) < 4.78 is 0. The summed E-state index contributed by atoms with van der Waals surface area (Å²) in [6.45, 7) is 3.42. The normalized spacial score (nSPS) is 11.5. The lowest BCUT2D eigenvalue weighted by Crippen LogP contribution is -1.97. The number of rotatable bonds is 2. The minimum absolute atomic E-state index is 0.0648. The maximum Gasteiger partial charge on any atom is 0.157 e. The number of hydrogen-bond donors (Lipinski definition) is 1. The standard InChI is InChI=1S/C6H11NO/c1-3-6(4-7)5(2)8/h4H,3,7H2,1-2H3/b6-4-. The Morgan fingerprint density at radius 1 is 1.75 bits per heavy atom. The molecule has 2 N–H and O–H groups in total. The van der Waals surface area contributed by atoms with E-state index < -0.39 is 0 Å². The smallest absolute Gasteiger partial charge is 0.157 e. The first-order valence-electron chi connectivity index (χ1n) is 2.64. The first kappa shape index (κ1) is 7.21. The predicted octanol–water partition coefficient (Wildman–Crippen LogP) is 0.828. The summed E-state index contributed by atoms with van der Waals surface area (Å²) in [7, 11) is 0. The topological polar surface area (TPSA) is 43.1 Å². The lowest BCUT2D eigenvalue weighted by atomic mass is 10.1. The Hall–Kier alpha value is -0.790. The molecule has 0 aliphatic rings. The van der Waals surface area contributed by atoms with Gasteiger partial charge in [-0.3, -0.25) is 4.79 Å². The minimum Gasteiger partial charge on any atom is -0.404 e. The molecule has 0 amide bonds. The van der Waals surface area contributed by atoms with Crippen molar-refractivity contribution in [2.45, 2.75) is 20.3 Å². The molecule has 0 aromatic carbocycles. The molecule has 8 heavy (non-hydrogen) atoms. The molecule has 0 unspecified atom stereocenters. The van der Waals surface area contributed by atoms with Gasteiger partial charge in [-0.1, -0.05) is 6.92 Å². The summed E-state index contributed by atoms with van der Waals surface area (Å²) in [5.74, 6) is 0.0648. The average molecular weight is 113 g/mol. The van der Waals surface area contributed by atoms with Crippen molar-refractivity contribution >= 4 is 5.78 Å². The average Bonchev–Trinajstić information content (AvgIpc) is 1.69. The van der Waals surface area contributed by atoms with Gasteiger partial charge in [0.2, 0.25) is 0 Å². The summed E-state index contributed by atoms with van der Waals surface area (Å²) in [6, 6.07) is 0. The lowest BCUT2D eigenvalue weighted by Gasteiger charge is -1.92. The fourth-order valence-corrected chi connectivity index (χ4v) is 0.484. The van der Waals surface area contributed by atoms with Crippen LogP contribution < -0.4 is 5.73 Å². The van der Waals surface area contributed by atoms with E-state index in [2.05, 4.69) is 0 Å². The highest BCUT2D eigenvalue weighted by Gasteiger charge is 1.96. The van der Waals surface area contributed by atoms with Gasteiger partial charge in [0.05, 0.1) is 0 Å². The Kier molecular flexibility index (Phi) is 2.92. The molecule has 0 aliphatic heterocycles. The van der Waals surface area contributed by atoms with Crippen molar-refractivity contribution in [3.05, 3.63) is 11.8 Å². The predicted molar refractivity (Wildman–Crippen MR) is 33.2 cm³/mol. The van der Waals surface area contributed by atoms with Crippen molar-refractivity contribution in [1.82, 2.24) is 0 Å². The molecule has 0 saturated carbocycles. The SMILES string of the molecule is CC/C(=C/N)C(C)=O. The van der Waals surface area contributed by atoms with Gasteiger partial charge in [-0.05, 0) is 13.3 Å². The number of carbonyl (C=O) groups excluding carboxylic acids is 1. The van der Waals surface area contributed by atoms with Crippen LogP contribution in [0.1, 0.15) is 20.3 Å². The molecule has 0 heterocycles. The molecule has 0 bridgehead atoms. The van der Waals surface area contributed by atoms with E-state index >= 15 is 0 Å². The van der Waals surface area contributed by atoms with Crippen LogP contribution in [0.3, 0.4) is 0 Å². The highest BCUT2D eigenvalue weighted by atomic mass is 16.1. The Morgan fingerprint density at radius 2 is 2.25 bits per heavy atom. The molecule has 0 radical (unpaired) electrons. The van der Waals surface area contributed by atoms with Gasteiger partial charge >= 0.3 is 0 Å². The van der Waals surface area contributed by atoms with Crippen molar-refractivity contribution in [2.75, 3.05) is 0 Å². The van der Waals surface area contributed by atoms with E-state index in [0.717, 1.165) is 6.42 Å². The third-order valence-electron chi connectivity index (χ3n) is 1.03. The van der Waals surface area contributed by atoms with Crippen molar-refractivity contribution in [3.8, 4) is 0 Å². The quantitative estimate of drug-likeness (QED) is 0.539. The van der Waals surface area contributed by atoms with Gasteiger partial charge in [-0.15, -0.1) is 0 Å². The number of carbonyl (C=O) groups is 1. The lowest BCUT2D eigenvalue weighted by molar-refractivity contribution is -0.113. The van der Waals surface area contributed by atoms with Crippen molar-refractivity contribution < 1.29 is 4.79 Å². The van der Waals surface area contributed by atoms with Crippen LogP contribution >= 0.6 is 0 Å². The van der Waals surface area contributed by atoms with Gasteiger partial charge in [0.15, 0.2) is 5.78 Å². The zero-order chi connectivity index (χ0) is 6.57. The first-order valence-corrected chi connectivity index (χ1v) is 2.64. The Morgan fingerprint density at radius 3 is 2.25 bits per heavy atom. The largest absolute Gasteiger partial charge is 0.404 e. The van der Waals surface area contributed by atoms with Crippen molar-refractivity contribution in [1.29, 1.82) is 0 Å². The molecule has 0 spiro atoms. The van der Waals surface area contributed by atoms with Crippen LogP contribution in [0.5, 0.6) is 0 Å². The second-order valence-electron chi connectivity index (χ2n) is 1.60. The summed E-state index contributed by atoms with van der Waals surface area (Å²) >= 11 is 0. The van der Waals surface area contributed by atoms with E-state index in [4.69, 9.17) is 5.73 Å². The van der Waals surface area contributed by atoms with Gasteiger partial charge in [-0.25, -0.2) is 0 Å². The molecule has 0 aliphatic carbocycles. The maximum absolute atomic E-state index is 10.5. The second-order valence-corrected chi connectivity index (χ2v) is 1.60. The zero-order valence-electron chi connectivity index (χ0n) is 5.27. The summed E-state index contributed by atoms with van der Waals surface area (Å²) in [5.41, 5.74) is 5.80. The molecule has 46 valence electrons. The molecule has 0 saturated heterocycles. The van der Waals surface area contributed by atoms with Crippen LogP contribution in [0, 0.1) is 0 Å². The molecule has 0 atom stereocenters. The number of allylic oxidation sites excluding steroid dienone is 1. The number of hydrogen-bond acceptors (Lipinski definition) is 2. The van der Waals surface area contributed by atoms with Gasteiger partial charge in [0.25, 0.3) is 0 Å². The molecule has 0 aromatic heterocycles. The number of ketones is 1. The van der Waals surface area contributed by atoms with E-state index in [-0.39, 0.29) is 5.78 Å². The maximum atomic E-state index is 10.5. The molecule has 0 fully saturated rings. The van der Waals surface area contributed by atoms with Gasteiger partial charge in [0, 0.05) is 11.8 Å². The van der Waals surface area contributed by atoms with Crippen LogP contribution in [0.25, 0.3) is 0 Å². The Labute approximate surface area is 49.4 Å². The van der Waals surface area contributed by atoms with Crippen LogP contribution in [-0.2, 0) is 4.79 Å². The second kappa shape index (κ2) is 3.24. The van der Waals surface area contributed by atoms with Crippen LogP contribution in [-0.4, -0.2) is 5.78 Å². The fraction of sp³-hybridized carbons (Fsp3) is 0.500. The van der Waals surface area contributed by atoms with Gasteiger partial charge in [0.1, 0.15) is 0 Å². The van der Waals surface area contributed by atoms with E-state index in [0.29, 0.717) is 5.57 Å². The Bertz CT molecular complexity index is 116. The van der Waals surface area contributed by atoms with E-state index in [1.54, 1.807) is 0 Å². The molecule has 2 heteroatoms. The number of Topliss-reactive ketones (excluding diaryl/α,β-unsaturated/α-hetero) is 1. The summed E-state index contributed by atoms with van der Waals surface area (Å²) in [5, 5.41) is 0. The van der Waals surface area contributed by atoms with Gasteiger partial charge in [-0.2, -0.15) is 0 Å². The van der Waals surface area contributed by atoms with Crippen LogP contribution in [0.2, 0.25) is 0 Å².